The van der Waals surface area contributed by atoms with Gasteiger partial charge in [0.1, 0.15) is 17.3 Å². The van der Waals surface area contributed by atoms with Gasteiger partial charge in [-0.3, -0.25) is 0 Å². The van der Waals surface area contributed by atoms with Crippen LogP contribution in [0.15, 0.2) is 40.9 Å². The van der Waals surface area contributed by atoms with E-state index in [2.05, 4.69) is 21.2 Å². The SMILES string of the molecule is CNCc1ccc(Oc2ccc(C)c(F)c2)cc1Br. The fourth-order valence-electron chi connectivity index (χ4n) is 1.70. The lowest BCUT2D eigenvalue weighted by molar-refractivity contribution is 0.475. The molecular formula is C15H15BrFNO. The van der Waals surface area contributed by atoms with E-state index in [9.17, 15) is 4.39 Å². The molecule has 2 aromatic rings. The molecule has 2 nitrogen and oxygen atoms in total. The summed E-state index contributed by atoms with van der Waals surface area (Å²) >= 11 is 3.49. The normalized spacial score (nSPS) is 10.5. The standard InChI is InChI=1S/C15H15BrFNO/c1-10-3-5-13(8-15(10)17)19-12-6-4-11(9-18-2)14(16)7-12/h3-8,18H,9H2,1-2H3. The van der Waals surface area contributed by atoms with Crippen LogP contribution in [0.3, 0.4) is 0 Å². The summed E-state index contributed by atoms with van der Waals surface area (Å²) < 4.78 is 20.0. The lowest BCUT2D eigenvalue weighted by Gasteiger charge is -2.09. The van der Waals surface area contributed by atoms with E-state index < -0.39 is 0 Å². The van der Waals surface area contributed by atoms with Crippen molar-refractivity contribution in [1.82, 2.24) is 5.32 Å². The molecule has 0 aliphatic rings. The maximum absolute atomic E-state index is 13.4. The molecule has 100 valence electrons. The Bertz CT molecular complexity index is 586. The Morgan fingerprint density at radius 3 is 2.47 bits per heavy atom. The number of nitrogens with one attached hydrogen (secondary N) is 1. The predicted octanol–water partition coefficient (Wildman–Crippen LogP) is 4.41. The van der Waals surface area contributed by atoms with Gasteiger partial charge in [-0.15, -0.1) is 0 Å². The maximum Gasteiger partial charge on any atom is 0.130 e. The molecule has 0 saturated carbocycles. The number of halogens is 2. The summed E-state index contributed by atoms with van der Waals surface area (Å²) in [5.41, 5.74) is 1.75. The average molecular weight is 324 g/mol. The molecule has 0 heterocycles. The van der Waals surface area contributed by atoms with Gasteiger partial charge < -0.3 is 10.1 Å². The number of benzene rings is 2. The molecule has 0 aromatic heterocycles. The quantitative estimate of drug-likeness (QED) is 0.899. The van der Waals surface area contributed by atoms with Crippen LogP contribution in [0.1, 0.15) is 11.1 Å². The van der Waals surface area contributed by atoms with Gasteiger partial charge in [-0.05, 0) is 43.3 Å². The zero-order valence-corrected chi connectivity index (χ0v) is 12.4. The second-order valence-electron chi connectivity index (χ2n) is 4.30. The minimum Gasteiger partial charge on any atom is -0.457 e. The van der Waals surface area contributed by atoms with Crippen LogP contribution in [0.25, 0.3) is 0 Å². The van der Waals surface area contributed by atoms with Crippen molar-refractivity contribution in [1.29, 1.82) is 0 Å². The Morgan fingerprint density at radius 2 is 1.84 bits per heavy atom. The van der Waals surface area contributed by atoms with Crippen molar-refractivity contribution in [2.75, 3.05) is 7.05 Å². The molecule has 2 rings (SSSR count). The number of ether oxygens (including phenoxy) is 1. The van der Waals surface area contributed by atoms with E-state index in [1.807, 2.05) is 25.2 Å². The minimum absolute atomic E-state index is 0.261. The van der Waals surface area contributed by atoms with Crippen LogP contribution in [-0.2, 0) is 6.54 Å². The van der Waals surface area contributed by atoms with Gasteiger partial charge in [0.2, 0.25) is 0 Å². The van der Waals surface area contributed by atoms with Crippen molar-refractivity contribution in [3.05, 3.63) is 57.8 Å². The van der Waals surface area contributed by atoms with Crippen LogP contribution in [0.4, 0.5) is 4.39 Å². The molecule has 0 radical (unpaired) electrons. The highest BCUT2D eigenvalue weighted by Crippen LogP contribution is 2.28. The van der Waals surface area contributed by atoms with Crippen LogP contribution in [-0.4, -0.2) is 7.05 Å². The lowest BCUT2D eigenvalue weighted by Crippen LogP contribution is -2.05. The Hall–Kier alpha value is -1.39. The summed E-state index contributed by atoms with van der Waals surface area (Å²) in [4.78, 5) is 0. The Labute approximate surface area is 120 Å². The topological polar surface area (TPSA) is 21.3 Å². The second kappa shape index (κ2) is 6.17. The Kier molecular flexibility index (Phi) is 4.56. The van der Waals surface area contributed by atoms with Crippen molar-refractivity contribution in [2.45, 2.75) is 13.5 Å². The third-order valence-electron chi connectivity index (χ3n) is 2.77. The third-order valence-corrected chi connectivity index (χ3v) is 3.51. The van der Waals surface area contributed by atoms with Gasteiger partial charge in [-0.2, -0.15) is 0 Å². The van der Waals surface area contributed by atoms with Gasteiger partial charge in [0.25, 0.3) is 0 Å². The van der Waals surface area contributed by atoms with E-state index in [0.717, 1.165) is 16.6 Å². The summed E-state index contributed by atoms with van der Waals surface area (Å²) in [6, 6.07) is 10.6. The maximum atomic E-state index is 13.4. The van der Waals surface area contributed by atoms with E-state index in [-0.39, 0.29) is 5.82 Å². The zero-order chi connectivity index (χ0) is 13.8. The Morgan fingerprint density at radius 1 is 1.16 bits per heavy atom. The van der Waals surface area contributed by atoms with E-state index in [1.165, 1.54) is 6.07 Å². The molecule has 0 fully saturated rings. The van der Waals surface area contributed by atoms with Crippen molar-refractivity contribution in [3.8, 4) is 11.5 Å². The number of hydrogen-bond donors (Lipinski definition) is 1. The van der Waals surface area contributed by atoms with Gasteiger partial charge in [-0.1, -0.05) is 28.1 Å². The Balaban J connectivity index is 2.19. The van der Waals surface area contributed by atoms with E-state index in [4.69, 9.17) is 4.74 Å². The highest BCUT2D eigenvalue weighted by Gasteiger charge is 2.04. The average Bonchev–Trinajstić information content (AvgIpc) is 2.37. The summed E-state index contributed by atoms with van der Waals surface area (Å²) in [7, 11) is 1.89. The first kappa shape index (κ1) is 14.0. The molecule has 4 heteroatoms. The first-order chi connectivity index (χ1) is 9.10. The van der Waals surface area contributed by atoms with E-state index in [0.29, 0.717) is 17.1 Å². The van der Waals surface area contributed by atoms with Crippen molar-refractivity contribution in [2.24, 2.45) is 0 Å². The molecule has 2 aromatic carbocycles. The van der Waals surface area contributed by atoms with Crippen LogP contribution >= 0.6 is 15.9 Å². The molecule has 0 aliphatic carbocycles. The highest BCUT2D eigenvalue weighted by molar-refractivity contribution is 9.10. The molecule has 0 aliphatic heterocycles. The molecule has 0 spiro atoms. The predicted molar refractivity (Wildman–Crippen MR) is 78.1 cm³/mol. The largest absolute Gasteiger partial charge is 0.457 e. The number of aryl methyl sites for hydroxylation is 1. The summed E-state index contributed by atoms with van der Waals surface area (Å²) in [6.45, 7) is 2.50. The van der Waals surface area contributed by atoms with Crippen LogP contribution in [0, 0.1) is 12.7 Å². The first-order valence-electron chi connectivity index (χ1n) is 5.97. The molecule has 0 bridgehead atoms. The van der Waals surface area contributed by atoms with Gasteiger partial charge in [0, 0.05) is 17.1 Å². The van der Waals surface area contributed by atoms with Crippen molar-refractivity contribution in [3.63, 3.8) is 0 Å². The summed E-state index contributed by atoms with van der Waals surface area (Å²) in [5.74, 6) is 0.912. The van der Waals surface area contributed by atoms with Crippen molar-refractivity contribution < 1.29 is 9.13 Å². The van der Waals surface area contributed by atoms with E-state index >= 15 is 0 Å². The van der Waals surface area contributed by atoms with Crippen LogP contribution in [0.5, 0.6) is 11.5 Å². The highest BCUT2D eigenvalue weighted by atomic mass is 79.9. The third kappa shape index (κ3) is 3.55. The second-order valence-corrected chi connectivity index (χ2v) is 5.15. The molecule has 1 N–H and O–H groups in total. The van der Waals surface area contributed by atoms with Crippen LogP contribution < -0.4 is 10.1 Å². The molecule has 0 atom stereocenters. The van der Waals surface area contributed by atoms with Gasteiger partial charge in [0.15, 0.2) is 0 Å². The van der Waals surface area contributed by atoms with Gasteiger partial charge in [0.05, 0.1) is 0 Å². The number of rotatable bonds is 4. The minimum atomic E-state index is -0.261. The molecular weight excluding hydrogens is 309 g/mol. The number of hydrogen-bond acceptors (Lipinski definition) is 2. The lowest BCUT2D eigenvalue weighted by atomic mass is 10.2. The summed E-state index contributed by atoms with van der Waals surface area (Å²) in [5, 5.41) is 3.09. The van der Waals surface area contributed by atoms with Gasteiger partial charge in [-0.25, -0.2) is 4.39 Å². The zero-order valence-electron chi connectivity index (χ0n) is 10.8. The molecule has 0 amide bonds. The first-order valence-corrected chi connectivity index (χ1v) is 6.76. The molecule has 0 unspecified atom stereocenters. The summed E-state index contributed by atoms with van der Waals surface area (Å²) in [6.07, 6.45) is 0. The van der Waals surface area contributed by atoms with Crippen molar-refractivity contribution >= 4 is 15.9 Å². The van der Waals surface area contributed by atoms with Crippen LogP contribution in [0.2, 0.25) is 0 Å². The monoisotopic (exact) mass is 323 g/mol. The smallest absolute Gasteiger partial charge is 0.130 e. The van der Waals surface area contributed by atoms with E-state index in [1.54, 1.807) is 19.1 Å². The fourth-order valence-corrected chi connectivity index (χ4v) is 2.20. The fraction of sp³-hybridized carbons (Fsp3) is 0.200. The van der Waals surface area contributed by atoms with Gasteiger partial charge >= 0.3 is 0 Å². The molecule has 19 heavy (non-hydrogen) atoms. The molecule has 0 saturated heterocycles.